The maximum Gasteiger partial charge on any atom is 0.315 e. The molecule has 59 heavy (non-hydrogen) atoms. The summed E-state index contributed by atoms with van der Waals surface area (Å²) in [6.45, 7) is 15.5. The summed E-state index contributed by atoms with van der Waals surface area (Å²) in [6.07, 6.45) is -0.920. The van der Waals surface area contributed by atoms with Gasteiger partial charge >= 0.3 is 12.1 Å². The molecule has 17 nitrogen and oxygen atoms in total. The van der Waals surface area contributed by atoms with Gasteiger partial charge in [-0.05, 0) is 41.5 Å². The normalized spacial score (nSPS) is 17.1. The number of amides is 6. The van der Waals surface area contributed by atoms with Crippen molar-refractivity contribution in [1.29, 1.82) is 0 Å². The molecule has 17 heteroatoms. The number of ether oxygens (including phenoxy) is 3. The number of hydrogen-bond donors (Lipinski definition) is 7. The van der Waals surface area contributed by atoms with Crippen molar-refractivity contribution in [2.75, 3.05) is 92.4 Å². The predicted octanol–water partition coefficient (Wildman–Crippen LogP) is 0.929. The van der Waals surface area contributed by atoms with E-state index in [0.717, 1.165) is 37.3 Å². The highest BCUT2D eigenvalue weighted by Crippen LogP contribution is 2.15. The van der Waals surface area contributed by atoms with E-state index in [1.54, 1.807) is 12.1 Å². The highest BCUT2D eigenvalue weighted by molar-refractivity contribution is 5.88. The van der Waals surface area contributed by atoms with E-state index in [-0.39, 0.29) is 31.3 Å². The number of aliphatic hydroxyl groups excluding tert-OH is 1. The Morgan fingerprint density at radius 3 is 1.71 bits per heavy atom. The van der Waals surface area contributed by atoms with Crippen LogP contribution in [0.25, 0.3) is 0 Å². The van der Waals surface area contributed by atoms with Gasteiger partial charge in [-0.15, -0.1) is 0 Å². The molecular weight excluding hydrogens is 759 g/mol. The topological polar surface area (TPSA) is 198 Å². The van der Waals surface area contributed by atoms with Crippen LogP contribution in [0.3, 0.4) is 0 Å². The van der Waals surface area contributed by atoms with E-state index < -0.39 is 48.1 Å². The number of carbonyl (C=O) groups is 4. The Morgan fingerprint density at radius 1 is 0.712 bits per heavy atom. The first kappa shape index (κ1) is 47.2. The number of morpholine rings is 2. The number of hydrogen-bond acceptors (Lipinski definition) is 11. The molecule has 0 spiro atoms. The van der Waals surface area contributed by atoms with Crippen LogP contribution >= 0.6 is 0 Å². The van der Waals surface area contributed by atoms with E-state index >= 15 is 0 Å². The van der Waals surface area contributed by atoms with Crippen LogP contribution in [0.5, 0.6) is 5.75 Å². The van der Waals surface area contributed by atoms with E-state index in [9.17, 15) is 24.3 Å². The maximum atomic E-state index is 14.0. The minimum Gasteiger partial charge on any atom is -0.497 e. The molecular formula is C42H67N9O8. The number of nitrogens with one attached hydrogen (secondary N) is 6. The lowest BCUT2D eigenvalue weighted by atomic mass is 9.98. The Balaban J connectivity index is 1.46. The number of nitrogens with zero attached hydrogens (tertiary/aromatic N) is 3. The molecule has 0 bridgehead atoms. The fourth-order valence-electron chi connectivity index (χ4n) is 6.86. The minimum atomic E-state index is -1.19. The summed E-state index contributed by atoms with van der Waals surface area (Å²) in [5.41, 5.74) is 4.65. The third kappa shape index (κ3) is 16.9. The zero-order valence-electron chi connectivity index (χ0n) is 35.4. The second-order valence-corrected chi connectivity index (χ2v) is 15.7. The Morgan fingerprint density at radius 2 is 1.22 bits per heavy atom. The van der Waals surface area contributed by atoms with E-state index in [2.05, 4.69) is 41.8 Å². The molecule has 0 aliphatic carbocycles. The highest BCUT2D eigenvalue weighted by atomic mass is 16.5. The molecule has 2 aliphatic rings. The number of rotatable bonds is 22. The van der Waals surface area contributed by atoms with Gasteiger partial charge in [0.25, 0.3) is 5.91 Å². The number of methoxy groups -OCH3 is 1. The second-order valence-electron chi connectivity index (χ2n) is 15.7. The van der Waals surface area contributed by atoms with Crippen LogP contribution in [0.15, 0.2) is 54.6 Å². The molecule has 0 saturated carbocycles. The van der Waals surface area contributed by atoms with Gasteiger partial charge in [0, 0.05) is 65.4 Å². The first-order valence-corrected chi connectivity index (χ1v) is 20.8. The Kier molecular flexibility index (Phi) is 20.1. The summed E-state index contributed by atoms with van der Waals surface area (Å²) in [5, 5.41) is 28.0. The summed E-state index contributed by atoms with van der Waals surface area (Å²) in [7, 11) is 1.58. The lowest BCUT2D eigenvalue weighted by molar-refractivity contribution is -0.131. The van der Waals surface area contributed by atoms with Crippen molar-refractivity contribution in [2.24, 2.45) is 11.8 Å². The lowest BCUT2D eigenvalue weighted by Crippen LogP contribution is -2.60. The van der Waals surface area contributed by atoms with Crippen molar-refractivity contribution < 1.29 is 38.5 Å². The summed E-state index contributed by atoms with van der Waals surface area (Å²) < 4.78 is 16.1. The number of urea groups is 2. The zero-order chi connectivity index (χ0) is 42.6. The lowest BCUT2D eigenvalue weighted by Gasteiger charge is -2.33. The van der Waals surface area contributed by atoms with Gasteiger partial charge in [-0.2, -0.15) is 0 Å². The molecule has 2 aromatic carbocycles. The van der Waals surface area contributed by atoms with Crippen molar-refractivity contribution in [2.45, 2.75) is 64.9 Å². The van der Waals surface area contributed by atoms with Gasteiger partial charge in [0.1, 0.15) is 17.8 Å². The summed E-state index contributed by atoms with van der Waals surface area (Å²) in [4.78, 5) is 58.3. The molecule has 2 fully saturated rings. The van der Waals surface area contributed by atoms with Crippen LogP contribution in [-0.4, -0.2) is 160 Å². The molecule has 2 aromatic rings. The molecule has 4 rings (SSSR count). The molecule has 2 saturated heterocycles. The van der Waals surface area contributed by atoms with E-state index in [0.29, 0.717) is 58.4 Å². The molecule has 328 valence electrons. The number of carbonyl (C=O) groups excluding carboxylic acids is 4. The average molecular weight is 826 g/mol. The van der Waals surface area contributed by atoms with Crippen LogP contribution < -0.4 is 36.7 Å². The van der Waals surface area contributed by atoms with Gasteiger partial charge < -0.3 is 45.9 Å². The number of hydrazine groups is 1. The molecule has 0 radical (unpaired) electrons. The SMILES string of the molecule is COc1ccc(CN(C[C@H](O)[C@H](Cc2ccccc2)NC(=O)[C@@H](NC(=O)NCCN2CCOCC2)C(C)C)NC(=O)[C@@H](NC(=O)NCCN2CCOCC2)C(C)C)cc1. The minimum absolute atomic E-state index is 0.0894. The standard InChI is InChI=1S/C42H67N9O8/c1-30(2)37(46-41(55)43-15-17-49-19-23-58-24-20-49)39(53)45-35(27-32-9-7-6-8-10-32)36(52)29-51(28-33-11-13-34(57-5)14-12-33)48-40(54)38(31(3)4)47-42(56)44-16-18-50-21-25-59-26-22-50/h6-14,30-31,35-38,52H,15-29H2,1-5H3,(H,45,53)(H,48,54)(H2,43,46,55)(H2,44,47,56)/t35-,36-,37-,38-/m0/s1. The van der Waals surface area contributed by atoms with E-state index in [1.807, 2.05) is 82.3 Å². The quantitative estimate of drug-likeness (QED) is 0.0835. The van der Waals surface area contributed by atoms with Crippen molar-refractivity contribution in [1.82, 2.24) is 46.8 Å². The number of benzene rings is 2. The fourth-order valence-corrected chi connectivity index (χ4v) is 6.86. The molecule has 4 atom stereocenters. The van der Waals surface area contributed by atoms with Gasteiger partial charge in [0.2, 0.25) is 5.91 Å². The third-order valence-electron chi connectivity index (χ3n) is 10.4. The van der Waals surface area contributed by atoms with Crippen molar-refractivity contribution in [3.8, 4) is 5.75 Å². The molecule has 2 heterocycles. The van der Waals surface area contributed by atoms with Crippen LogP contribution in [0.1, 0.15) is 38.8 Å². The van der Waals surface area contributed by atoms with Crippen LogP contribution in [0.4, 0.5) is 9.59 Å². The summed E-state index contributed by atoms with van der Waals surface area (Å²) >= 11 is 0. The Bertz CT molecular complexity index is 1560. The van der Waals surface area contributed by atoms with Gasteiger partial charge in [0.05, 0.1) is 45.7 Å². The van der Waals surface area contributed by atoms with E-state index in [1.165, 1.54) is 0 Å². The Hall–Kier alpha value is -4.52. The third-order valence-corrected chi connectivity index (χ3v) is 10.4. The zero-order valence-corrected chi connectivity index (χ0v) is 35.4. The van der Waals surface area contributed by atoms with Crippen molar-refractivity contribution in [3.05, 3.63) is 65.7 Å². The molecule has 2 aliphatic heterocycles. The second kappa shape index (κ2) is 25.2. The highest BCUT2D eigenvalue weighted by Gasteiger charge is 2.32. The van der Waals surface area contributed by atoms with Crippen molar-refractivity contribution >= 4 is 23.9 Å². The largest absolute Gasteiger partial charge is 0.497 e. The van der Waals surface area contributed by atoms with Crippen LogP contribution in [0.2, 0.25) is 0 Å². The summed E-state index contributed by atoms with van der Waals surface area (Å²) in [6, 6.07) is 13.3. The monoisotopic (exact) mass is 826 g/mol. The van der Waals surface area contributed by atoms with Gasteiger partial charge in [-0.3, -0.25) is 24.8 Å². The molecule has 0 unspecified atom stereocenters. The Labute approximate surface area is 349 Å². The van der Waals surface area contributed by atoms with E-state index in [4.69, 9.17) is 14.2 Å². The first-order chi connectivity index (χ1) is 28.4. The summed E-state index contributed by atoms with van der Waals surface area (Å²) in [5.74, 6) is -0.778. The van der Waals surface area contributed by atoms with Gasteiger partial charge in [0.15, 0.2) is 0 Å². The van der Waals surface area contributed by atoms with Gasteiger partial charge in [-0.1, -0.05) is 70.2 Å². The predicted molar refractivity (Wildman–Crippen MR) is 224 cm³/mol. The van der Waals surface area contributed by atoms with Crippen LogP contribution in [0, 0.1) is 11.8 Å². The van der Waals surface area contributed by atoms with Gasteiger partial charge in [-0.25, -0.2) is 14.6 Å². The van der Waals surface area contributed by atoms with Crippen LogP contribution in [-0.2, 0) is 32.0 Å². The van der Waals surface area contributed by atoms with Crippen molar-refractivity contribution in [3.63, 3.8) is 0 Å². The first-order valence-electron chi connectivity index (χ1n) is 20.8. The number of aliphatic hydroxyl groups is 1. The average Bonchev–Trinajstić information content (AvgIpc) is 3.22. The fraction of sp³-hybridized carbons (Fsp3) is 0.619. The molecule has 7 N–H and O–H groups in total. The smallest absolute Gasteiger partial charge is 0.315 e. The molecule has 0 aromatic heterocycles. The molecule has 6 amide bonds. The maximum absolute atomic E-state index is 14.0.